The van der Waals surface area contributed by atoms with Crippen molar-refractivity contribution in [1.29, 1.82) is 0 Å². The minimum absolute atomic E-state index is 0.0319. The Hall–Kier alpha value is -3.03. The summed E-state index contributed by atoms with van der Waals surface area (Å²) in [5, 5.41) is 3.80. The molecule has 4 rings (SSSR count). The fourth-order valence-electron chi connectivity index (χ4n) is 3.94. The van der Waals surface area contributed by atoms with Crippen LogP contribution in [0.15, 0.2) is 48.5 Å². The highest BCUT2D eigenvalue weighted by molar-refractivity contribution is 7.17. The molecule has 2 amide bonds. The average Bonchev–Trinajstić information content (AvgIpc) is 3.15. The van der Waals surface area contributed by atoms with Crippen molar-refractivity contribution in [3.63, 3.8) is 0 Å². The number of piperazine rings is 1. The molecule has 32 heavy (non-hydrogen) atoms. The van der Waals surface area contributed by atoms with Gasteiger partial charge in [0.05, 0.1) is 12.2 Å². The van der Waals surface area contributed by atoms with Gasteiger partial charge in [0.15, 0.2) is 0 Å². The number of thiazole rings is 1. The van der Waals surface area contributed by atoms with Crippen molar-refractivity contribution in [2.24, 2.45) is 0 Å². The summed E-state index contributed by atoms with van der Waals surface area (Å²) in [7, 11) is 0. The van der Waals surface area contributed by atoms with Gasteiger partial charge in [-0.25, -0.2) is 4.98 Å². The molecule has 1 aliphatic heterocycles. The van der Waals surface area contributed by atoms with Crippen molar-refractivity contribution >= 4 is 28.8 Å². The third-order valence-corrected chi connectivity index (χ3v) is 6.87. The molecule has 0 unspecified atom stereocenters. The smallest absolute Gasteiger partial charge is 0.265 e. The first-order valence-electron chi connectivity index (χ1n) is 10.8. The first-order valence-corrected chi connectivity index (χ1v) is 11.6. The quantitative estimate of drug-likeness (QED) is 0.637. The Morgan fingerprint density at radius 2 is 1.72 bits per heavy atom. The number of para-hydroxylation sites is 1. The molecular formula is C25H28N4O2S. The number of benzene rings is 2. The molecule has 1 aromatic heterocycles. The van der Waals surface area contributed by atoms with Crippen LogP contribution in [0.3, 0.4) is 0 Å². The van der Waals surface area contributed by atoms with Gasteiger partial charge in [0, 0.05) is 37.4 Å². The largest absolute Gasteiger partial charge is 0.335 e. The summed E-state index contributed by atoms with van der Waals surface area (Å²) in [6.45, 7) is 8.94. The third-order valence-electron chi connectivity index (χ3n) is 5.69. The maximum atomic E-state index is 13.2. The van der Waals surface area contributed by atoms with Crippen LogP contribution >= 0.6 is 11.3 Å². The Kier molecular flexibility index (Phi) is 6.67. The van der Waals surface area contributed by atoms with Crippen molar-refractivity contribution in [1.82, 2.24) is 14.8 Å². The fraction of sp³-hybridized carbons (Fsp3) is 0.320. The maximum absolute atomic E-state index is 13.2. The zero-order valence-corrected chi connectivity index (χ0v) is 19.5. The number of amides is 2. The predicted octanol–water partition coefficient (Wildman–Crippen LogP) is 4.13. The van der Waals surface area contributed by atoms with Gasteiger partial charge in [0.2, 0.25) is 5.91 Å². The molecule has 1 fully saturated rings. The standard InChI is InChI=1S/C25H28N4O2S/c1-17-9-10-21(18(2)15-17)24-26-19(3)23(32-24)25(31)29-13-11-28(12-14-29)16-22(30)27-20-7-5-4-6-8-20/h4-10,15H,11-14,16H2,1-3H3,(H,27,30). The van der Waals surface area contributed by atoms with Gasteiger partial charge < -0.3 is 10.2 Å². The second kappa shape index (κ2) is 9.63. The van der Waals surface area contributed by atoms with Crippen molar-refractivity contribution in [2.75, 3.05) is 38.0 Å². The number of hydrogen-bond acceptors (Lipinski definition) is 5. The van der Waals surface area contributed by atoms with Crippen molar-refractivity contribution < 1.29 is 9.59 Å². The van der Waals surface area contributed by atoms with Crippen LogP contribution in [-0.4, -0.2) is 59.3 Å². The number of nitrogens with one attached hydrogen (secondary N) is 1. The minimum atomic E-state index is -0.0348. The molecule has 6 nitrogen and oxygen atoms in total. The molecule has 166 valence electrons. The highest BCUT2D eigenvalue weighted by Crippen LogP contribution is 2.31. The molecular weight excluding hydrogens is 420 g/mol. The Morgan fingerprint density at radius 3 is 2.41 bits per heavy atom. The number of rotatable bonds is 5. The van der Waals surface area contributed by atoms with Crippen LogP contribution in [0.25, 0.3) is 10.6 Å². The molecule has 3 aromatic rings. The molecule has 2 heterocycles. The SMILES string of the molecule is Cc1ccc(-c2nc(C)c(C(=O)N3CCN(CC(=O)Nc4ccccc4)CC3)s2)c(C)c1. The maximum Gasteiger partial charge on any atom is 0.265 e. The summed E-state index contributed by atoms with van der Waals surface area (Å²) in [6.07, 6.45) is 0. The first kappa shape index (κ1) is 22.2. The van der Waals surface area contributed by atoms with Crippen LogP contribution in [0, 0.1) is 20.8 Å². The number of anilines is 1. The normalized spacial score (nSPS) is 14.4. The molecule has 0 aliphatic carbocycles. The second-order valence-corrected chi connectivity index (χ2v) is 9.23. The first-order chi connectivity index (χ1) is 15.4. The molecule has 2 aromatic carbocycles. The van der Waals surface area contributed by atoms with Crippen LogP contribution in [0.4, 0.5) is 5.69 Å². The lowest BCUT2D eigenvalue weighted by Crippen LogP contribution is -2.50. The van der Waals surface area contributed by atoms with E-state index >= 15 is 0 Å². The van der Waals surface area contributed by atoms with Gasteiger partial charge in [-0.1, -0.05) is 42.0 Å². The minimum Gasteiger partial charge on any atom is -0.335 e. The van der Waals surface area contributed by atoms with E-state index in [1.807, 2.05) is 42.2 Å². The zero-order valence-electron chi connectivity index (χ0n) is 18.7. The monoisotopic (exact) mass is 448 g/mol. The van der Waals surface area contributed by atoms with Crippen molar-refractivity contribution in [2.45, 2.75) is 20.8 Å². The van der Waals surface area contributed by atoms with Gasteiger partial charge in [0.1, 0.15) is 9.88 Å². The molecule has 1 saturated heterocycles. The van der Waals surface area contributed by atoms with Crippen LogP contribution in [0.2, 0.25) is 0 Å². The molecule has 7 heteroatoms. The average molecular weight is 449 g/mol. The van der Waals surface area contributed by atoms with E-state index in [-0.39, 0.29) is 11.8 Å². The van der Waals surface area contributed by atoms with Gasteiger partial charge in [-0.2, -0.15) is 0 Å². The van der Waals surface area contributed by atoms with Crippen LogP contribution < -0.4 is 5.32 Å². The lowest BCUT2D eigenvalue weighted by Gasteiger charge is -2.34. The van der Waals surface area contributed by atoms with E-state index in [0.717, 1.165) is 22.0 Å². The van der Waals surface area contributed by atoms with Gasteiger partial charge in [-0.05, 0) is 38.5 Å². The van der Waals surface area contributed by atoms with Gasteiger partial charge in [-0.3, -0.25) is 14.5 Å². The number of carbonyl (C=O) groups excluding carboxylic acids is 2. The number of aromatic nitrogens is 1. The summed E-state index contributed by atoms with van der Waals surface area (Å²) in [5.41, 5.74) is 5.04. The van der Waals surface area contributed by atoms with Crippen LogP contribution in [0.5, 0.6) is 0 Å². The molecule has 0 spiro atoms. The Morgan fingerprint density at radius 1 is 1.00 bits per heavy atom. The summed E-state index contributed by atoms with van der Waals surface area (Å²) in [5.74, 6) is -0.00297. The van der Waals surface area contributed by atoms with Gasteiger partial charge in [0.25, 0.3) is 5.91 Å². The van der Waals surface area contributed by atoms with E-state index in [4.69, 9.17) is 0 Å². The number of carbonyl (C=O) groups is 2. The highest BCUT2D eigenvalue weighted by Gasteiger charge is 2.26. The molecule has 0 radical (unpaired) electrons. The van der Waals surface area contributed by atoms with E-state index < -0.39 is 0 Å². The molecule has 0 atom stereocenters. The molecule has 1 N–H and O–H groups in total. The summed E-state index contributed by atoms with van der Waals surface area (Å²) in [6, 6.07) is 15.8. The lowest BCUT2D eigenvalue weighted by atomic mass is 10.1. The predicted molar refractivity (Wildman–Crippen MR) is 129 cm³/mol. The zero-order chi connectivity index (χ0) is 22.7. The third kappa shape index (κ3) is 5.06. The van der Waals surface area contributed by atoms with Gasteiger partial charge in [-0.15, -0.1) is 11.3 Å². The number of hydrogen-bond donors (Lipinski definition) is 1. The van der Waals surface area contributed by atoms with Crippen molar-refractivity contribution in [3.05, 3.63) is 70.2 Å². The Balaban J connectivity index is 1.35. The summed E-state index contributed by atoms with van der Waals surface area (Å²) < 4.78 is 0. The van der Waals surface area contributed by atoms with E-state index in [2.05, 4.69) is 47.2 Å². The van der Waals surface area contributed by atoms with Crippen molar-refractivity contribution in [3.8, 4) is 10.6 Å². The fourth-order valence-corrected chi connectivity index (χ4v) is 5.07. The summed E-state index contributed by atoms with van der Waals surface area (Å²) in [4.78, 5) is 34.8. The van der Waals surface area contributed by atoms with E-state index in [0.29, 0.717) is 37.6 Å². The molecule has 0 bridgehead atoms. The van der Waals surface area contributed by atoms with E-state index in [9.17, 15) is 9.59 Å². The number of nitrogens with zero attached hydrogens (tertiary/aromatic N) is 3. The van der Waals surface area contributed by atoms with E-state index in [1.54, 1.807) is 0 Å². The molecule has 0 saturated carbocycles. The topological polar surface area (TPSA) is 65.5 Å². The van der Waals surface area contributed by atoms with E-state index in [1.165, 1.54) is 22.5 Å². The summed E-state index contributed by atoms with van der Waals surface area (Å²) >= 11 is 1.47. The molecule has 1 aliphatic rings. The van der Waals surface area contributed by atoms with Crippen LogP contribution in [-0.2, 0) is 4.79 Å². The number of aryl methyl sites for hydroxylation is 3. The van der Waals surface area contributed by atoms with Gasteiger partial charge >= 0.3 is 0 Å². The highest BCUT2D eigenvalue weighted by atomic mass is 32.1. The Bertz CT molecular complexity index is 1120. The van der Waals surface area contributed by atoms with Crippen LogP contribution in [0.1, 0.15) is 26.5 Å². The Labute approximate surface area is 192 Å². The lowest BCUT2D eigenvalue weighted by molar-refractivity contribution is -0.117. The second-order valence-electron chi connectivity index (χ2n) is 8.23.